The molecule has 0 fully saturated rings. The SMILES string of the molecule is [C-]#[N+]c1ccc(NC(=O)N2CCn3nc(-c4ccc(F)c(Cl)c4)c(C(N)=O)c3C2)cc1OC. The number of aromatic nitrogens is 2. The lowest BCUT2D eigenvalue weighted by Gasteiger charge is -2.28. The van der Waals surface area contributed by atoms with Crippen LogP contribution in [0.2, 0.25) is 5.02 Å². The van der Waals surface area contributed by atoms with E-state index in [1.165, 1.54) is 30.2 Å². The topological polar surface area (TPSA) is 107 Å². The Labute approximate surface area is 193 Å². The minimum atomic E-state index is -0.714. The van der Waals surface area contributed by atoms with Gasteiger partial charge in [-0.1, -0.05) is 17.7 Å². The number of rotatable bonds is 4. The largest absolute Gasteiger partial charge is 0.508 e. The fourth-order valence-corrected chi connectivity index (χ4v) is 3.83. The van der Waals surface area contributed by atoms with Gasteiger partial charge in [-0.05, 0) is 30.3 Å². The molecule has 0 unspecified atom stereocenters. The van der Waals surface area contributed by atoms with Gasteiger partial charge in [0.25, 0.3) is 5.91 Å². The molecule has 168 valence electrons. The van der Waals surface area contributed by atoms with Crippen molar-refractivity contribution < 1.29 is 18.7 Å². The monoisotopic (exact) mass is 468 g/mol. The zero-order chi connectivity index (χ0) is 23.7. The number of nitrogens with zero attached hydrogens (tertiary/aromatic N) is 4. The molecule has 0 radical (unpaired) electrons. The maximum Gasteiger partial charge on any atom is 0.322 e. The van der Waals surface area contributed by atoms with Crippen LogP contribution in [-0.2, 0) is 13.1 Å². The molecule has 0 aliphatic carbocycles. The molecule has 0 saturated heterocycles. The van der Waals surface area contributed by atoms with Gasteiger partial charge in [-0.25, -0.2) is 14.0 Å². The summed E-state index contributed by atoms with van der Waals surface area (Å²) in [6, 6.07) is 8.35. The van der Waals surface area contributed by atoms with Gasteiger partial charge in [-0.15, -0.1) is 0 Å². The Hall–Kier alpha value is -4.10. The highest BCUT2D eigenvalue weighted by atomic mass is 35.5. The van der Waals surface area contributed by atoms with Crippen molar-refractivity contribution in [3.8, 4) is 17.0 Å². The van der Waals surface area contributed by atoms with Crippen molar-refractivity contribution in [2.45, 2.75) is 13.1 Å². The predicted octanol–water partition coefficient (Wildman–Crippen LogP) is 4.05. The molecule has 3 aromatic rings. The second kappa shape index (κ2) is 8.80. The van der Waals surface area contributed by atoms with Crippen molar-refractivity contribution in [3.05, 3.63) is 69.9 Å². The average molecular weight is 469 g/mol. The molecule has 2 aromatic carbocycles. The number of nitrogens with two attached hydrogens (primary N) is 1. The highest BCUT2D eigenvalue weighted by Crippen LogP contribution is 2.32. The zero-order valence-corrected chi connectivity index (χ0v) is 18.2. The van der Waals surface area contributed by atoms with E-state index >= 15 is 0 Å². The maximum atomic E-state index is 13.6. The number of anilines is 1. The second-order valence-corrected chi connectivity index (χ2v) is 7.64. The number of urea groups is 1. The van der Waals surface area contributed by atoms with E-state index in [0.717, 1.165) is 0 Å². The van der Waals surface area contributed by atoms with Crippen molar-refractivity contribution in [2.24, 2.45) is 5.73 Å². The third kappa shape index (κ3) is 4.18. The smallest absolute Gasteiger partial charge is 0.322 e. The van der Waals surface area contributed by atoms with E-state index in [1.807, 2.05) is 0 Å². The summed E-state index contributed by atoms with van der Waals surface area (Å²) in [4.78, 5) is 30.0. The van der Waals surface area contributed by atoms with Gasteiger partial charge in [0, 0.05) is 17.8 Å². The predicted molar refractivity (Wildman–Crippen MR) is 120 cm³/mol. The van der Waals surface area contributed by atoms with Crippen LogP contribution in [0.1, 0.15) is 16.1 Å². The standard InChI is InChI=1S/C22H18ClFN6O3/c1-26-16-6-4-13(10-18(16)33-2)27-22(32)29-7-8-30-17(11-29)19(21(25)31)20(28-30)12-3-5-15(24)14(23)9-12/h3-6,9-10H,7-8,11H2,2H3,(H2,25,31)(H,27,32). The molecule has 4 rings (SSSR count). The number of nitrogens with one attached hydrogen (secondary N) is 1. The first-order valence-corrected chi connectivity index (χ1v) is 10.2. The van der Waals surface area contributed by atoms with E-state index in [0.29, 0.717) is 41.5 Å². The number of benzene rings is 2. The Morgan fingerprint density at radius 2 is 2.06 bits per heavy atom. The van der Waals surface area contributed by atoms with E-state index < -0.39 is 17.8 Å². The normalized spacial score (nSPS) is 12.6. The molecule has 1 aliphatic rings. The molecule has 33 heavy (non-hydrogen) atoms. The van der Waals surface area contributed by atoms with E-state index in [-0.39, 0.29) is 22.8 Å². The molecule has 9 nitrogen and oxygen atoms in total. The highest BCUT2D eigenvalue weighted by Gasteiger charge is 2.30. The molecule has 3 amide bonds. The molecule has 0 spiro atoms. The highest BCUT2D eigenvalue weighted by molar-refractivity contribution is 6.31. The van der Waals surface area contributed by atoms with E-state index in [9.17, 15) is 14.0 Å². The van der Waals surface area contributed by atoms with Gasteiger partial charge < -0.3 is 20.7 Å². The van der Waals surface area contributed by atoms with Crippen molar-refractivity contribution in [3.63, 3.8) is 0 Å². The quantitative estimate of drug-likeness (QED) is 0.563. The van der Waals surface area contributed by atoms with Gasteiger partial charge in [-0.2, -0.15) is 5.10 Å². The summed E-state index contributed by atoms with van der Waals surface area (Å²) in [5, 5.41) is 7.13. The van der Waals surface area contributed by atoms with Crippen LogP contribution in [0.15, 0.2) is 36.4 Å². The van der Waals surface area contributed by atoms with E-state index in [1.54, 1.807) is 22.9 Å². The number of halogens is 2. The van der Waals surface area contributed by atoms with Gasteiger partial charge in [0.05, 0.1) is 43.1 Å². The first kappa shape index (κ1) is 22.1. The summed E-state index contributed by atoms with van der Waals surface area (Å²) in [6.07, 6.45) is 0. The number of fused-ring (bicyclic) bond motifs is 1. The van der Waals surface area contributed by atoms with E-state index in [2.05, 4.69) is 15.3 Å². The maximum absolute atomic E-state index is 13.6. The Morgan fingerprint density at radius 1 is 1.27 bits per heavy atom. The second-order valence-electron chi connectivity index (χ2n) is 7.24. The molecule has 0 bridgehead atoms. The van der Waals surface area contributed by atoms with Crippen LogP contribution < -0.4 is 15.8 Å². The molecule has 1 aromatic heterocycles. The lowest BCUT2D eigenvalue weighted by molar-refractivity contribution is 0.0997. The summed E-state index contributed by atoms with van der Waals surface area (Å²) in [5.74, 6) is -0.958. The first-order chi connectivity index (χ1) is 15.8. The molecular weight excluding hydrogens is 451 g/mol. The van der Waals surface area contributed by atoms with E-state index in [4.69, 9.17) is 28.6 Å². The lowest BCUT2D eigenvalue weighted by atomic mass is 10.0. The third-order valence-electron chi connectivity index (χ3n) is 5.26. The molecule has 0 atom stereocenters. The number of primary amides is 1. The molecule has 3 N–H and O–H groups in total. The van der Waals surface area contributed by atoms with Crippen LogP contribution in [-0.4, -0.2) is 40.3 Å². The van der Waals surface area contributed by atoms with Crippen molar-refractivity contribution in [1.82, 2.24) is 14.7 Å². The average Bonchev–Trinajstić information content (AvgIpc) is 3.19. The van der Waals surface area contributed by atoms with Crippen LogP contribution in [0.4, 0.5) is 20.6 Å². The fourth-order valence-electron chi connectivity index (χ4n) is 3.65. The first-order valence-electron chi connectivity index (χ1n) is 9.78. The van der Waals surface area contributed by atoms with Crippen LogP contribution in [0.5, 0.6) is 5.75 Å². The number of carbonyl (C=O) groups is 2. The van der Waals surface area contributed by atoms with Gasteiger partial charge in [0.1, 0.15) is 17.3 Å². The lowest BCUT2D eigenvalue weighted by Crippen LogP contribution is -2.41. The van der Waals surface area contributed by atoms with Crippen LogP contribution in [0, 0.1) is 12.4 Å². The molecule has 1 aliphatic heterocycles. The van der Waals surface area contributed by atoms with Crippen molar-refractivity contribution in [2.75, 3.05) is 19.0 Å². The van der Waals surface area contributed by atoms with Crippen LogP contribution in [0.3, 0.4) is 0 Å². The Kier molecular flexibility index (Phi) is 5.89. The number of hydrogen-bond donors (Lipinski definition) is 2. The number of methoxy groups -OCH3 is 1. The minimum Gasteiger partial charge on any atom is -0.508 e. The molecule has 11 heteroatoms. The number of carbonyl (C=O) groups excluding carboxylic acids is 2. The summed E-state index contributed by atoms with van der Waals surface area (Å²) in [7, 11) is 1.44. The molecule has 0 saturated carbocycles. The van der Waals surface area contributed by atoms with Crippen LogP contribution in [0.25, 0.3) is 16.1 Å². The number of ether oxygens (including phenoxy) is 1. The summed E-state index contributed by atoms with van der Waals surface area (Å²) >= 11 is 5.89. The Balaban J connectivity index is 1.61. The number of hydrogen-bond acceptors (Lipinski definition) is 4. The number of amides is 3. The van der Waals surface area contributed by atoms with Gasteiger partial charge in [0.15, 0.2) is 0 Å². The summed E-state index contributed by atoms with van der Waals surface area (Å²) < 4.78 is 20.4. The van der Waals surface area contributed by atoms with Gasteiger partial charge in [0.2, 0.25) is 5.69 Å². The fraction of sp³-hybridized carbons (Fsp3) is 0.182. The van der Waals surface area contributed by atoms with Crippen molar-refractivity contribution in [1.29, 1.82) is 0 Å². The molecule has 2 heterocycles. The third-order valence-corrected chi connectivity index (χ3v) is 5.55. The Morgan fingerprint density at radius 3 is 2.73 bits per heavy atom. The van der Waals surface area contributed by atoms with Crippen LogP contribution >= 0.6 is 11.6 Å². The zero-order valence-electron chi connectivity index (χ0n) is 17.4. The summed E-state index contributed by atoms with van der Waals surface area (Å²) in [5.41, 5.74) is 7.77. The van der Waals surface area contributed by atoms with Crippen molar-refractivity contribution >= 4 is 34.9 Å². The molecular formula is C22H18ClFN6O3. The summed E-state index contributed by atoms with van der Waals surface area (Å²) in [6.45, 7) is 7.90. The van der Waals surface area contributed by atoms with Gasteiger partial charge >= 0.3 is 6.03 Å². The minimum absolute atomic E-state index is 0.0866. The van der Waals surface area contributed by atoms with Gasteiger partial charge in [-0.3, -0.25) is 9.48 Å². The Bertz CT molecular complexity index is 1320.